The highest BCUT2D eigenvalue weighted by molar-refractivity contribution is 5.19. The Bertz CT molecular complexity index is 357. The van der Waals surface area contributed by atoms with E-state index in [1.807, 2.05) is 6.92 Å². The fraction of sp³-hybridized carbons (Fsp3) is 0.846. The van der Waals surface area contributed by atoms with Crippen molar-refractivity contribution >= 4 is 6.01 Å². The number of nitrogens with one attached hydrogen (secondary N) is 2. The van der Waals surface area contributed by atoms with Crippen LogP contribution in [0.15, 0.2) is 4.42 Å². The first-order chi connectivity index (χ1) is 9.67. The Kier molecular flexibility index (Phi) is 8.17. The number of ether oxygens (including phenoxy) is 2. The number of anilines is 1. The fourth-order valence-corrected chi connectivity index (χ4v) is 1.56. The normalized spacial score (nSPS) is 12.8. The molecular weight excluding hydrogens is 260 g/mol. The van der Waals surface area contributed by atoms with E-state index in [0.29, 0.717) is 44.2 Å². The van der Waals surface area contributed by atoms with Gasteiger partial charge < -0.3 is 24.5 Å². The topological polar surface area (TPSA) is 81.4 Å². The van der Waals surface area contributed by atoms with E-state index in [9.17, 15) is 0 Å². The minimum Gasteiger partial charge on any atom is -0.407 e. The van der Waals surface area contributed by atoms with Crippen molar-refractivity contribution in [3.63, 3.8) is 0 Å². The van der Waals surface area contributed by atoms with Crippen LogP contribution < -0.4 is 10.6 Å². The van der Waals surface area contributed by atoms with Crippen LogP contribution in [-0.4, -0.2) is 49.7 Å². The van der Waals surface area contributed by atoms with E-state index in [-0.39, 0.29) is 6.04 Å². The van der Waals surface area contributed by atoms with Gasteiger partial charge in [-0.3, -0.25) is 0 Å². The van der Waals surface area contributed by atoms with Gasteiger partial charge >= 0.3 is 6.01 Å². The van der Waals surface area contributed by atoms with Crippen molar-refractivity contribution in [2.75, 3.05) is 38.8 Å². The van der Waals surface area contributed by atoms with E-state index in [4.69, 9.17) is 13.9 Å². The molecule has 0 saturated heterocycles. The van der Waals surface area contributed by atoms with Crippen molar-refractivity contribution < 1.29 is 13.9 Å². The van der Waals surface area contributed by atoms with Gasteiger partial charge in [0.25, 0.3) is 0 Å². The summed E-state index contributed by atoms with van der Waals surface area (Å²) in [5.41, 5.74) is 0. The lowest BCUT2D eigenvalue weighted by Crippen LogP contribution is -2.31. The third-order valence-electron chi connectivity index (χ3n) is 2.84. The van der Waals surface area contributed by atoms with Crippen molar-refractivity contribution in [1.29, 1.82) is 0 Å². The summed E-state index contributed by atoms with van der Waals surface area (Å²) in [6.07, 6.45) is 0. The quantitative estimate of drug-likeness (QED) is 0.593. The molecule has 7 nitrogen and oxygen atoms in total. The van der Waals surface area contributed by atoms with Gasteiger partial charge in [0.15, 0.2) is 0 Å². The first kappa shape index (κ1) is 16.9. The molecule has 0 spiro atoms. The fourth-order valence-electron chi connectivity index (χ4n) is 1.56. The summed E-state index contributed by atoms with van der Waals surface area (Å²) < 4.78 is 15.9. The van der Waals surface area contributed by atoms with Crippen LogP contribution in [0.5, 0.6) is 0 Å². The standard InChI is InChI=1S/C13H26N4O3/c1-5-19-9-11(10(2)3)15-13-17-16-12(20-13)8-14-6-7-18-4/h10-11,14H,5-9H2,1-4H3,(H,15,17). The van der Waals surface area contributed by atoms with Gasteiger partial charge in [0.05, 0.1) is 25.8 Å². The largest absolute Gasteiger partial charge is 0.407 e. The molecule has 7 heteroatoms. The molecule has 2 N–H and O–H groups in total. The lowest BCUT2D eigenvalue weighted by molar-refractivity contribution is 0.126. The summed E-state index contributed by atoms with van der Waals surface area (Å²) in [5.74, 6) is 0.972. The highest BCUT2D eigenvalue weighted by Crippen LogP contribution is 2.12. The summed E-state index contributed by atoms with van der Waals surface area (Å²) in [5, 5.41) is 14.3. The summed E-state index contributed by atoms with van der Waals surface area (Å²) >= 11 is 0. The van der Waals surface area contributed by atoms with Crippen LogP contribution in [0.1, 0.15) is 26.7 Å². The summed E-state index contributed by atoms with van der Waals surface area (Å²) in [6.45, 7) is 9.50. The Morgan fingerprint density at radius 1 is 1.30 bits per heavy atom. The molecule has 0 amide bonds. The van der Waals surface area contributed by atoms with Crippen LogP contribution >= 0.6 is 0 Å². The third kappa shape index (κ3) is 6.31. The number of methoxy groups -OCH3 is 1. The van der Waals surface area contributed by atoms with Gasteiger partial charge in [0, 0.05) is 20.3 Å². The first-order valence-corrected chi connectivity index (χ1v) is 7.03. The molecule has 0 saturated carbocycles. The van der Waals surface area contributed by atoms with Crippen molar-refractivity contribution in [2.45, 2.75) is 33.4 Å². The molecule has 0 aliphatic heterocycles. The molecule has 0 aliphatic carbocycles. The van der Waals surface area contributed by atoms with Gasteiger partial charge in [-0.25, -0.2) is 0 Å². The Morgan fingerprint density at radius 2 is 2.10 bits per heavy atom. The molecule has 1 heterocycles. The third-order valence-corrected chi connectivity index (χ3v) is 2.84. The maximum Gasteiger partial charge on any atom is 0.315 e. The van der Waals surface area contributed by atoms with Crippen molar-refractivity contribution in [3.8, 4) is 0 Å². The van der Waals surface area contributed by atoms with Gasteiger partial charge in [-0.05, 0) is 12.8 Å². The molecule has 0 radical (unpaired) electrons. The van der Waals surface area contributed by atoms with Crippen LogP contribution in [-0.2, 0) is 16.0 Å². The maximum absolute atomic E-state index is 5.53. The molecule has 0 aliphatic rings. The van der Waals surface area contributed by atoms with Crippen molar-refractivity contribution in [2.24, 2.45) is 5.92 Å². The molecule has 1 rings (SSSR count). The highest BCUT2D eigenvalue weighted by atomic mass is 16.5. The number of hydrogen-bond donors (Lipinski definition) is 2. The SMILES string of the molecule is CCOCC(Nc1nnc(CNCCOC)o1)C(C)C. The molecule has 1 atom stereocenters. The number of nitrogens with zero attached hydrogens (tertiary/aromatic N) is 2. The summed E-state index contributed by atoms with van der Waals surface area (Å²) in [6, 6.07) is 0.594. The lowest BCUT2D eigenvalue weighted by atomic mass is 10.1. The van der Waals surface area contributed by atoms with Gasteiger partial charge in [-0.15, -0.1) is 5.10 Å². The zero-order valence-electron chi connectivity index (χ0n) is 12.8. The summed E-state index contributed by atoms with van der Waals surface area (Å²) in [4.78, 5) is 0. The molecule has 116 valence electrons. The highest BCUT2D eigenvalue weighted by Gasteiger charge is 2.16. The Morgan fingerprint density at radius 3 is 2.75 bits per heavy atom. The van der Waals surface area contributed by atoms with Crippen molar-refractivity contribution in [3.05, 3.63) is 5.89 Å². The van der Waals surface area contributed by atoms with E-state index in [1.165, 1.54) is 0 Å². The van der Waals surface area contributed by atoms with E-state index in [1.54, 1.807) is 7.11 Å². The average Bonchev–Trinajstić information content (AvgIpc) is 2.87. The monoisotopic (exact) mass is 286 g/mol. The molecule has 0 fully saturated rings. The van der Waals surface area contributed by atoms with Gasteiger partial charge in [0.1, 0.15) is 0 Å². The van der Waals surface area contributed by atoms with E-state index in [2.05, 4.69) is 34.7 Å². The first-order valence-electron chi connectivity index (χ1n) is 7.03. The average molecular weight is 286 g/mol. The number of hydrogen-bond acceptors (Lipinski definition) is 7. The van der Waals surface area contributed by atoms with Gasteiger partial charge in [-0.1, -0.05) is 18.9 Å². The molecule has 1 aromatic heterocycles. The molecule has 0 aromatic carbocycles. The molecule has 1 unspecified atom stereocenters. The van der Waals surface area contributed by atoms with Crippen molar-refractivity contribution in [1.82, 2.24) is 15.5 Å². The predicted octanol–water partition coefficient (Wildman–Crippen LogP) is 1.28. The van der Waals surface area contributed by atoms with E-state index >= 15 is 0 Å². The zero-order chi connectivity index (χ0) is 14.8. The van der Waals surface area contributed by atoms with E-state index < -0.39 is 0 Å². The van der Waals surface area contributed by atoms with E-state index in [0.717, 1.165) is 6.54 Å². The Hall–Kier alpha value is -1.18. The van der Waals surface area contributed by atoms with Crippen LogP contribution in [0, 0.1) is 5.92 Å². The maximum atomic E-state index is 5.53. The molecular formula is C13H26N4O3. The number of rotatable bonds is 11. The minimum atomic E-state index is 0.157. The second-order valence-corrected chi connectivity index (χ2v) is 4.82. The second kappa shape index (κ2) is 9.68. The van der Waals surface area contributed by atoms with Crippen LogP contribution in [0.25, 0.3) is 0 Å². The van der Waals surface area contributed by atoms with Crippen LogP contribution in [0.3, 0.4) is 0 Å². The van der Waals surface area contributed by atoms with Gasteiger partial charge in [-0.2, -0.15) is 0 Å². The van der Waals surface area contributed by atoms with Crippen LogP contribution in [0.2, 0.25) is 0 Å². The minimum absolute atomic E-state index is 0.157. The Labute approximate surface area is 120 Å². The second-order valence-electron chi connectivity index (χ2n) is 4.82. The van der Waals surface area contributed by atoms with Crippen LogP contribution in [0.4, 0.5) is 6.01 Å². The summed E-state index contributed by atoms with van der Waals surface area (Å²) in [7, 11) is 1.67. The number of aromatic nitrogens is 2. The molecule has 0 bridgehead atoms. The Balaban J connectivity index is 2.40. The zero-order valence-corrected chi connectivity index (χ0v) is 12.8. The smallest absolute Gasteiger partial charge is 0.315 e. The lowest BCUT2D eigenvalue weighted by Gasteiger charge is -2.20. The van der Waals surface area contributed by atoms with Gasteiger partial charge in [0.2, 0.25) is 5.89 Å². The molecule has 20 heavy (non-hydrogen) atoms. The predicted molar refractivity (Wildman–Crippen MR) is 76.6 cm³/mol. The molecule has 1 aromatic rings.